The molecule has 2 rings (SSSR count). The quantitative estimate of drug-likeness (QED) is 0.774. The molecule has 0 saturated carbocycles. The van der Waals surface area contributed by atoms with E-state index < -0.39 is 18.1 Å². The average Bonchev–Trinajstić information content (AvgIpc) is 2.35. The van der Waals surface area contributed by atoms with Gasteiger partial charge in [0.05, 0.1) is 11.5 Å². The Labute approximate surface area is 131 Å². The Hall–Kier alpha value is -1.02. The van der Waals surface area contributed by atoms with E-state index in [4.69, 9.17) is 26.1 Å². The second kappa shape index (κ2) is 5.64. The highest BCUT2D eigenvalue weighted by Gasteiger charge is 2.22. The van der Waals surface area contributed by atoms with Crippen LogP contribution in [0.15, 0.2) is 40.1 Å². The lowest BCUT2D eigenvalue weighted by Crippen LogP contribution is -2.01. The zero-order valence-corrected chi connectivity index (χ0v) is 13.9. The molecule has 0 aliphatic rings. The third-order valence-corrected chi connectivity index (χ3v) is 5.45. The van der Waals surface area contributed by atoms with Crippen molar-refractivity contribution in [3.63, 3.8) is 0 Å². The molecule has 0 heterocycles. The molecule has 0 spiro atoms. The highest BCUT2D eigenvalue weighted by molar-refractivity contribution is 8.14. The zero-order chi connectivity index (χ0) is 15.8. The van der Waals surface area contributed by atoms with Gasteiger partial charge in [-0.25, -0.2) is 16.8 Å². The van der Waals surface area contributed by atoms with Gasteiger partial charge in [-0.3, -0.25) is 0 Å². The summed E-state index contributed by atoms with van der Waals surface area (Å²) in [6, 6.07) is 6.79. The number of ether oxygens (including phenoxy) is 1. The first-order valence-electron chi connectivity index (χ1n) is 5.73. The summed E-state index contributed by atoms with van der Waals surface area (Å²) >= 11 is 0. The van der Waals surface area contributed by atoms with E-state index in [-0.39, 0.29) is 27.5 Å². The third-order valence-electron chi connectivity index (χ3n) is 2.73. The maximum absolute atomic E-state index is 11.8. The van der Waals surface area contributed by atoms with Crippen molar-refractivity contribution < 1.29 is 21.6 Å². The molecule has 0 amide bonds. The maximum atomic E-state index is 11.8. The molecule has 0 radical (unpaired) electrons. The van der Waals surface area contributed by atoms with Crippen molar-refractivity contribution in [2.45, 2.75) is 16.7 Å². The SMILES string of the molecule is CCOc1ccc2cc(S(=O)(=O)Cl)ccc2c1S(=O)(=O)Cl. The lowest BCUT2D eigenvalue weighted by atomic mass is 10.1. The van der Waals surface area contributed by atoms with Gasteiger partial charge >= 0.3 is 0 Å². The summed E-state index contributed by atoms with van der Waals surface area (Å²) in [5, 5.41) is 0.638. The highest BCUT2D eigenvalue weighted by atomic mass is 35.7. The molecule has 9 heteroatoms. The molecule has 0 saturated heterocycles. The van der Waals surface area contributed by atoms with E-state index in [1.165, 1.54) is 30.3 Å². The number of fused-ring (bicyclic) bond motifs is 1. The monoisotopic (exact) mass is 368 g/mol. The van der Waals surface area contributed by atoms with Crippen LogP contribution in [0.4, 0.5) is 0 Å². The molecule has 5 nitrogen and oxygen atoms in total. The van der Waals surface area contributed by atoms with E-state index in [0.717, 1.165) is 0 Å². The van der Waals surface area contributed by atoms with Gasteiger partial charge in [-0.05, 0) is 30.5 Å². The normalized spacial score (nSPS) is 12.5. The first-order valence-corrected chi connectivity index (χ1v) is 10.4. The van der Waals surface area contributed by atoms with Gasteiger partial charge in [-0.2, -0.15) is 0 Å². The molecule has 2 aromatic rings. The standard InChI is InChI=1S/C12H10Cl2O5S2/c1-2-19-11-6-3-8-7-9(20(13,15)16)4-5-10(8)12(11)21(14,17)18/h3-7H,2H2,1H3. The van der Waals surface area contributed by atoms with Crippen molar-refractivity contribution in [1.82, 2.24) is 0 Å². The molecule has 0 bridgehead atoms. The summed E-state index contributed by atoms with van der Waals surface area (Å²) in [5.74, 6) is 0.112. The molecule has 21 heavy (non-hydrogen) atoms. The second-order valence-corrected chi connectivity index (χ2v) is 9.15. The van der Waals surface area contributed by atoms with Crippen LogP contribution >= 0.6 is 21.4 Å². The van der Waals surface area contributed by atoms with Crippen LogP contribution in [0.5, 0.6) is 5.75 Å². The van der Waals surface area contributed by atoms with Gasteiger partial charge < -0.3 is 4.74 Å². The van der Waals surface area contributed by atoms with Crippen molar-refractivity contribution in [2.75, 3.05) is 6.61 Å². The fourth-order valence-corrected chi connectivity index (χ4v) is 4.01. The van der Waals surface area contributed by atoms with Crippen LogP contribution in [0.25, 0.3) is 10.8 Å². The smallest absolute Gasteiger partial charge is 0.265 e. The Balaban J connectivity index is 2.85. The number of hydrogen-bond acceptors (Lipinski definition) is 5. The Morgan fingerprint density at radius 3 is 2.19 bits per heavy atom. The molecule has 0 fully saturated rings. The van der Waals surface area contributed by atoms with Gasteiger partial charge in [0.15, 0.2) is 0 Å². The van der Waals surface area contributed by atoms with E-state index in [0.29, 0.717) is 5.39 Å². The summed E-state index contributed by atoms with van der Waals surface area (Å²) in [5.41, 5.74) is 0. The summed E-state index contributed by atoms with van der Waals surface area (Å²) < 4.78 is 51.4. The van der Waals surface area contributed by atoms with Crippen LogP contribution in [0.2, 0.25) is 0 Å². The molecular formula is C12H10Cl2O5S2. The van der Waals surface area contributed by atoms with Crippen molar-refractivity contribution in [3.8, 4) is 5.75 Å². The van der Waals surface area contributed by atoms with E-state index in [2.05, 4.69) is 0 Å². The van der Waals surface area contributed by atoms with Gasteiger partial charge in [-0.15, -0.1) is 0 Å². The van der Waals surface area contributed by atoms with E-state index in [1.54, 1.807) is 6.92 Å². The Morgan fingerprint density at radius 1 is 1.00 bits per heavy atom. The van der Waals surface area contributed by atoms with Crippen LogP contribution in [-0.2, 0) is 18.1 Å². The number of halogens is 2. The van der Waals surface area contributed by atoms with Gasteiger partial charge in [0.1, 0.15) is 10.6 Å². The third kappa shape index (κ3) is 3.42. The fourth-order valence-electron chi connectivity index (χ4n) is 1.93. The Kier molecular flexibility index (Phi) is 4.39. The number of rotatable bonds is 4. The van der Waals surface area contributed by atoms with Gasteiger partial charge in [-0.1, -0.05) is 12.1 Å². The Morgan fingerprint density at radius 2 is 1.67 bits per heavy atom. The first-order chi connectivity index (χ1) is 9.64. The van der Waals surface area contributed by atoms with Gasteiger partial charge in [0.2, 0.25) is 0 Å². The van der Waals surface area contributed by atoms with E-state index >= 15 is 0 Å². The predicted octanol–water partition coefficient (Wildman–Crippen LogP) is 3.09. The van der Waals surface area contributed by atoms with Gasteiger partial charge in [0.25, 0.3) is 18.1 Å². The van der Waals surface area contributed by atoms with Crippen LogP contribution in [0, 0.1) is 0 Å². The lowest BCUT2D eigenvalue weighted by molar-refractivity contribution is 0.332. The van der Waals surface area contributed by atoms with E-state index in [9.17, 15) is 16.8 Å². The van der Waals surface area contributed by atoms with Crippen molar-refractivity contribution in [2.24, 2.45) is 0 Å². The molecule has 0 unspecified atom stereocenters. The first kappa shape index (κ1) is 16.4. The average molecular weight is 369 g/mol. The predicted molar refractivity (Wildman–Crippen MR) is 81.2 cm³/mol. The van der Waals surface area contributed by atoms with Crippen LogP contribution in [-0.4, -0.2) is 23.4 Å². The molecule has 0 N–H and O–H groups in total. The minimum atomic E-state index is -4.07. The summed E-state index contributed by atoms with van der Waals surface area (Å²) in [7, 11) is 2.76. The van der Waals surface area contributed by atoms with Crippen LogP contribution in [0.1, 0.15) is 6.92 Å². The van der Waals surface area contributed by atoms with Gasteiger partial charge in [0, 0.05) is 26.8 Å². The molecule has 0 aliphatic carbocycles. The Bertz CT molecular complexity index is 905. The highest BCUT2D eigenvalue weighted by Crippen LogP contribution is 2.35. The molecule has 0 aromatic heterocycles. The lowest BCUT2D eigenvalue weighted by Gasteiger charge is -2.11. The molecule has 0 atom stereocenters. The maximum Gasteiger partial charge on any atom is 0.265 e. The second-order valence-electron chi connectivity index (χ2n) is 4.08. The molecule has 2 aromatic carbocycles. The molecular weight excluding hydrogens is 359 g/mol. The summed E-state index contributed by atoms with van der Waals surface area (Å²) in [4.78, 5) is -0.319. The minimum Gasteiger partial charge on any atom is -0.492 e. The summed E-state index contributed by atoms with van der Waals surface area (Å²) in [6.07, 6.45) is 0. The van der Waals surface area contributed by atoms with Crippen molar-refractivity contribution in [1.29, 1.82) is 0 Å². The number of benzene rings is 2. The largest absolute Gasteiger partial charge is 0.492 e. The molecule has 0 aliphatic heterocycles. The number of hydrogen-bond donors (Lipinski definition) is 0. The topological polar surface area (TPSA) is 77.5 Å². The van der Waals surface area contributed by atoms with Crippen LogP contribution < -0.4 is 4.74 Å². The van der Waals surface area contributed by atoms with E-state index in [1.807, 2.05) is 0 Å². The van der Waals surface area contributed by atoms with Crippen molar-refractivity contribution in [3.05, 3.63) is 30.3 Å². The molecule has 114 valence electrons. The fraction of sp³-hybridized carbons (Fsp3) is 0.167. The van der Waals surface area contributed by atoms with Crippen LogP contribution in [0.3, 0.4) is 0 Å². The zero-order valence-electron chi connectivity index (χ0n) is 10.7. The summed E-state index contributed by atoms with van der Waals surface area (Å²) in [6.45, 7) is 1.97. The minimum absolute atomic E-state index is 0.112. The van der Waals surface area contributed by atoms with Crippen molar-refractivity contribution >= 4 is 50.2 Å².